The third-order valence-electron chi connectivity index (χ3n) is 1.25. The third kappa shape index (κ3) is 3.48. The van der Waals surface area contributed by atoms with Gasteiger partial charge in [0, 0.05) is 0 Å². The zero-order valence-corrected chi connectivity index (χ0v) is 11.5. The van der Waals surface area contributed by atoms with E-state index >= 15 is 0 Å². The second kappa shape index (κ2) is 5.08. The Morgan fingerprint density at radius 3 is 2.23 bits per heavy atom. The molecular weight excluding hydrogens is 241 g/mol. The summed E-state index contributed by atoms with van der Waals surface area (Å²) < 4.78 is 31.7. The molecule has 66 valence electrons. The van der Waals surface area contributed by atoms with E-state index in [2.05, 4.69) is 0 Å². The molecule has 4 nitrogen and oxygen atoms in total. The molecule has 0 bridgehead atoms. The Kier molecular flexibility index (Phi) is 5.42. The van der Waals surface area contributed by atoms with Crippen LogP contribution in [0, 0.1) is 0 Å². The van der Waals surface area contributed by atoms with Crippen LogP contribution in [0.2, 0.25) is 5.02 Å². The van der Waals surface area contributed by atoms with Crippen molar-refractivity contribution in [3.63, 3.8) is 0 Å². The van der Waals surface area contributed by atoms with E-state index in [1.54, 1.807) is 0 Å². The van der Waals surface area contributed by atoms with Crippen LogP contribution in [-0.2, 0) is 10.1 Å². The number of hydrogen-bond acceptors (Lipinski definition) is 4. The Morgan fingerprint density at radius 1 is 1.38 bits per heavy atom. The maximum Gasteiger partial charge on any atom is 1.00 e. The van der Waals surface area contributed by atoms with Crippen LogP contribution in [0.3, 0.4) is 0 Å². The molecule has 0 fully saturated rings. The Bertz CT molecular complexity index is 386. The van der Waals surface area contributed by atoms with Gasteiger partial charge in [-0.05, 0) is 12.1 Å². The average Bonchev–Trinajstić information content (AvgIpc) is 1.82. The third-order valence-corrected chi connectivity index (χ3v) is 2.63. The summed E-state index contributed by atoms with van der Waals surface area (Å²) in [7, 11) is -4.57. The SMILES string of the molecule is Nc1cccc(Cl)c1S(=O)(=O)[O-].[K+]. The molecule has 0 saturated heterocycles. The van der Waals surface area contributed by atoms with Crippen LogP contribution in [0.4, 0.5) is 5.69 Å². The molecule has 0 aromatic heterocycles. The fourth-order valence-electron chi connectivity index (χ4n) is 0.789. The minimum atomic E-state index is -4.57. The van der Waals surface area contributed by atoms with E-state index in [9.17, 15) is 13.0 Å². The first-order valence-electron chi connectivity index (χ1n) is 2.93. The predicted octanol–water partition coefficient (Wildman–Crippen LogP) is -2.17. The van der Waals surface area contributed by atoms with Crippen molar-refractivity contribution in [2.45, 2.75) is 4.90 Å². The van der Waals surface area contributed by atoms with Crippen LogP contribution >= 0.6 is 11.6 Å². The van der Waals surface area contributed by atoms with Crippen LogP contribution in [-0.4, -0.2) is 13.0 Å². The van der Waals surface area contributed by atoms with E-state index in [0.717, 1.165) is 0 Å². The van der Waals surface area contributed by atoms with Crippen molar-refractivity contribution < 1.29 is 64.4 Å². The summed E-state index contributed by atoms with van der Waals surface area (Å²) in [5.41, 5.74) is 5.12. The molecule has 0 heterocycles. The topological polar surface area (TPSA) is 83.2 Å². The van der Waals surface area contributed by atoms with Crippen LogP contribution < -0.4 is 57.1 Å². The molecule has 1 rings (SSSR count). The Labute approximate surface area is 124 Å². The van der Waals surface area contributed by atoms with Crippen LogP contribution in [0.25, 0.3) is 0 Å². The summed E-state index contributed by atoms with van der Waals surface area (Å²) >= 11 is 5.45. The van der Waals surface area contributed by atoms with Crippen molar-refractivity contribution >= 4 is 27.4 Å². The number of rotatable bonds is 1. The molecule has 0 aliphatic rings. The van der Waals surface area contributed by atoms with E-state index in [1.165, 1.54) is 18.2 Å². The number of anilines is 1. The van der Waals surface area contributed by atoms with Gasteiger partial charge in [-0.15, -0.1) is 0 Å². The van der Waals surface area contributed by atoms with E-state index in [-0.39, 0.29) is 62.1 Å². The van der Waals surface area contributed by atoms with Gasteiger partial charge in [-0.3, -0.25) is 0 Å². The number of benzene rings is 1. The number of nitrogen functional groups attached to an aromatic ring is 1. The molecule has 0 aliphatic heterocycles. The molecule has 0 spiro atoms. The van der Waals surface area contributed by atoms with Gasteiger partial charge in [0.2, 0.25) is 0 Å². The number of halogens is 1. The maximum atomic E-state index is 10.6. The zero-order valence-electron chi connectivity index (χ0n) is 6.82. The van der Waals surface area contributed by atoms with Crippen molar-refractivity contribution in [3.05, 3.63) is 23.2 Å². The molecule has 0 unspecified atom stereocenters. The number of nitrogens with two attached hydrogens (primary N) is 1. The molecular formula is C6H5ClKNO3S. The van der Waals surface area contributed by atoms with Gasteiger partial charge in [-0.25, -0.2) is 8.42 Å². The summed E-state index contributed by atoms with van der Waals surface area (Å²) in [6.07, 6.45) is 0. The first-order chi connectivity index (χ1) is 5.43. The molecule has 0 saturated carbocycles. The Morgan fingerprint density at radius 2 is 1.92 bits per heavy atom. The van der Waals surface area contributed by atoms with Crippen molar-refractivity contribution in [2.24, 2.45) is 0 Å². The van der Waals surface area contributed by atoms with Gasteiger partial charge in [-0.1, -0.05) is 17.7 Å². The number of hydrogen-bond donors (Lipinski definition) is 1. The van der Waals surface area contributed by atoms with E-state index in [4.69, 9.17) is 17.3 Å². The van der Waals surface area contributed by atoms with Crippen LogP contribution in [0.1, 0.15) is 0 Å². The summed E-state index contributed by atoms with van der Waals surface area (Å²) in [6.45, 7) is 0. The van der Waals surface area contributed by atoms with Gasteiger partial charge in [0.25, 0.3) is 0 Å². The summed E-state index contributed by atoms with van der Waals surface area (Å²) in [5.74, 6) is 0. The standard InChI is InChI=1S/C6H6ClNO3S.K/c7-4-2-1-3-5(8)6(4)12(9,10)11;/h1-3H,8H2,(H,9,10,11);/q;+1/p-1. The maximum absolute atomic E-state index is 10.6. The van der Waals surface area contributed by atoms with Crippen LogP contribution in [0.15, 0.2) is 23.1 Å². The second-order valence-electron chi connectivity index (χ2n) is 2.11. The average molecular weight is 246 g/mol. The minimum Gasteiger partial charge on any atom is -0.744 e. The molecule has 1 aromatic carbocycles. The first-order valence-corrected chi connectivity index (χ1v) is 4.71. The summed E-state index contributed by atoms with van der Waals surface area (Å²) in [5, 5.41) is -0.148. The van der Waals surface area contributed by atoms with Crippen molar-refractivity contribution in [1.29, 1.82) is 0 Å². The van der Waals surface area contributed by atoms with Crippen LogP contribution in [0.5, 0.6) is 0 Å². The van der Waals surface area contributed by atoms with E-state index in [1.807, 2.05) is 0 Å². The second-order valence-corrected chi connectivity index (χ2v) is 3.84. The minimum absolute atomic E-state index is 0. The molecule has 7 heteroatoms. The smallest absolute Gasteiger partial charge is 0.744 e. The molecule has 0 aliphatic carbocycles. The summed E-state index contributed by atoms with van der Waals surface area (Å²) in [4.78, 5) is -0.549. The van der Waals surface area contributed by atoms with Gasteiger partial charge in [-0.2, -0.15) is 0 Å². The van der Waals surface area contributed by atoms with Gasteiger partial charge in [0.1, 0.15) is 10.1 Å². The van der Waals surface area contributed by atoms with Gasteiger partial charge < -0.3 is 10.3 Å². The van der Waals surface area contributed by atoms with Gasteiger partial charge in [0.05, 0.1) is 15.6 Å². The van der Waals surface area contributed by atoms with Crippen molar-refractivity contribution in [1.82, 2.24) is 0 Å². The van der Waals surface area contributed by atoms with Gasteiger partial charge >= 0.3 is 51.4 Å². The Balaban J connectivity index is 0.00000144. The summed E-state index contributed by atoms with van der Waals surface area (Å²) in [6, 6.07) is 4.06. The Hall–Kier alpha value is 0.856. The molecule has 0 radical (unpaired) electrons. The molecule has 13 heavy (non-hydrogen) atoms. The van der Waals surface area contributed by atoms with E-state index in [0.29, 0.717) is 0 Å². The predicted molar refractivity (Wildman–Crippen MR) is 43.8 cm³/mol. The van der Waals surface area contributed by atoms with Gasteiger partial charge in [0.15, 0.2) is 0 Å². The molecule has 1 aromatic rings. The fraction of sp³-hybridized carbons (Fsp3) is 0. The molecule has 2 N–H and O–H groups in total. The normalized spacial score (nSPS) is 10.6. The monoisotopic (exact) mass is 245 g/mol. The quantitative estimate of drug-likeness (QED) is 0.347. The largest absolute Gasteiger partial charge is 1.00 e. The van der Waals surface area contributed by atoms with Crippen molar-refractivity contribution in [2.75, 3.05) is 5.73 Å². The molecule has 0 atom stereocenters. The van der Waals surface area contributed by atoms with E-state index < -0.39 is 15.0 Å². The zero-order chi connectivity index (χ0) is 9.35. The fourth-order valence-corrected chi connectivity index (χ4v) is 1.92. The van der Waals surface area contributed by atoms with Crippen molar-refractivity contribution in [3.8, 4) is 0 Å². The first kappa shape index (κ1) is 13.9. The molecule has 0 amide bonds.